The van der Waals surface area contributed by atoms with E-state index in [4.69, 9.17) is 14.2 Å². The van der Waals surface area contributed by atoms with E-state index in [1.165, 1.54) is 4.31 Å². The maximum atomic E-state index is 12.7. The van der Waals surface area contributed by atoms with Crippen LogP contribution in [0.4, 0.5) is 5.69 Å². The molecule has 1 N–H and O–H groups in total. The van der Waals surface area contributed by atoms with Crippen molar-refractivity contribution in [3.8, 4) is 17.2 Å². The summed E-state index contributed by atoms with van der Waals surface area (Å²) in [4.78, 5) is 14.1. The standard InChI is InChI=1S/C23H31N3O6S/c1-30-20-6-4-19(5-7-20)25-13-15-26(16-14-25)33(28,29)17-3-12-24-23(27)18-32-22-10-8-21(31-2)9-11-22/h4-11H,3,12-18H2,1-2H3,(H,24,27). The summed E-state index contributed by atoms with van der Waals surface area (Å²) >= 11 is 0. The molecule has 1 saturated heterocycles. The number of sulfonamides is 1. The van der Waals surface area contributed by atoms with Gasteiger partial charge < -0.3 is 24.4 Å². The molecule has 0 bridgehead atoms. The Morgan fingerprint density at radius 2 is 1.42 bits per heavy atom. The van der Waals surface area contributed by atoms with E-state index in [1.807, 2.05) is 24.3 Å². The summed E-state index contributed by atoms with van der Waals surface area (Å²) in [5.41, 5.74) is 1.05. The number of amides is 1. The first-order chi connectivity index (χ1) is 15.9. The molecule has 0 unspecified atom stereocenters. The Balaban J connectivity index is 1.34. The van der Waals surface area contributed by atoms with Crippen molar-refractivity contribution < 1.29 is 27.4 Å². The highest BCUT2D eigenvalue weighted by atomic mass is 32.2. The fourth-order valence-corrected chi connectivity index (χ4v) is 4.99. The number of hydrogen-bond acceptors (Lipinski definition) is 7. The summed E-state index contributed by atoms with van der Waals surface area (Å²) in [6.07, 6.45) is 0.343. The van der Waals surface area contributed by atoms with E-state index >= 15 is 0 Å². The molecule has 9 nitrogen and oxygen atoms in total. The number of nitrogens with zero attached hydrogens (tertiary/aromatic N) is 2. The van der Waals surface area contributed by atoms with Crippen LogP contribution in [-0.4, -0.2) is 77.9 Å². The summed E-state index contributed by atoms with van der Waals surface area (Å²) in [7, 11) is -0.166. The number of carbonyl (C=O) groups excluding carboxylic acids is 1. The first-order valence-electron chi connectivity index (χ1n) is 10.8. The predicted molar refractivity (Wildman–Crippen MR) is 127 cm³/mol. The Morgan fingerprint density at radius 3 is 2.00 bits per heavy atom. The molecule has 3 rings (SSSR count). The van der Waals surface area contributed by atoms with E-state index in [9.17, 15) is 13.2 Å². The zero-order valence-electron chi connectivity index (χ0n) is 19.0. The second-order valence-electron chi connectivity index (χ2n) is 7.57. The van der Waals surface area contributed by atoms with Crippen LogP contribution in [0.2, 0.25) is 0 Å². The summed E-state index contributed by atoms with van der Waals surface area (Å²) in [5, 5.41) is 2.70. The van der Waals surface area contributed by atoms with Crippen molar-refractivity contribution in [2.75, 3.05) is 64.2 Å². The first kappa shape index (κ1) is 24.7. The molecule has 1 amide bonds. The molecule has 0 aromatic heterocycles. The van der Waals surface area contributed by atoms with E-state index < -0.39 is 10.0 Å². The van der Waals surface area contributed by atoms with Gasteiger partial charge in [-0.2, -0.15) is 4.31 Å². The molecular formula is C23H31N3O6S. The molecule has 2 aromatic rings. The third-order valence-electron chi connectivity index (χ3n) is 5.40. The average molecular weight is 478 g/mol. The minimum atomic E-state index is -3.37. The topological polar surface area (TPSA) is 97.4 Å². The van der Waals surface area contributed by atoms with Gasteiger partial charge in [-0.15, -0.1) is 0 Å². The predicted octanol–water partition coefficient (Wildman–Crippen LogP) is 1.74. The van der Waals surface area contributed by atoms with Crippen molar-refractivity contribution in [1.29, 1.82) is 0 Å². The summed E-state index contributed by atoms with van der Waals surface area (Å²) in [5.74, 6) is 1.75. The number of piperazine rings is 1. The Morgan fingerprint density at radius 1 is 0.879 bits per heavy atom. The normalized spacial score (nSPS) is 14.5. The summed E-state index contributed by atoms with van der Waals surface area (Å²) < 4.78 is 42.5. The number of carbonyl (C=O) groups is 1. The maximum Gasteiger partial charge on any atom is 0.257 e. The molecule has 1 aliphatic rings. The maximum absolute atomic E-state index is 12.7. The van der Waals surface area contributed by atoms with E-state index in [-0.39, 0.29) is 24.8 Å². The number of ether oxygens (including phenoxy) is 3. The highest BCUT2D eigenvalue weighted by molar-refractivity contribution is 7.89. The lowest BCUT2D eigenvalue weighted by atomic mass is 10.2. The molecule has 1 heterocycles. The monoisotopic (exact) mass is 477 g/mol. The molecule has 180 valence electrons. The van der Waals surface area contributed by atoms with Crippen LogP contribution in [0.25, 0.3) is 0 Å². The van der Waals surface area contributed by atoms with Gasteiger partial charge in [-0.25, -0.2) is 8.42 Å². The molecule has 0 radical (unpaired) electrons. The van der Waals surface area contributed by atoms with Gasteiger partial charge in [0, 0.05) is 38.4 Å². The largest absolute Gasteiger partial charge is 0.497 e. The minimum absolute atomic E-state index is 0.00481. The van der Waals surface area contributed by atoms with Crippen LogP contribution < -0.4 is 24.4 Å². The summed E-state index contributed by atoms with van der Waals surface area (Å²) in [6.45, 7) is 2.28. The van der Waals surface area contributed by atoms with Crippen molar-refractivity contribution in [2.24, 2.45) is 0 Å². The van der Waals surface area contributed by atoms with Gasteiger partial charge in [0.25, 0.3) is 5.91 Å². The smallest absolute Gasteiger partial charge is 0.257 e. The molecule has 0 spiro atoms. The van der Waals surface area contributed by atoms with Crippen molar-refractivity contribution in [3.05, 3.63) is 48.5 Å². The lowest BCUT2D eigenvalue weighted by molar-refractivity contribution is -0.123. The quantitative estimate of drug-likeness (QED) is 0.493. The van der Waals surface area contributed by atoms with Crippen molar-refractivity contribution in [1.82, 2.24) is 9.62 Å². The Bertz CT molecular complexity index is 988. The lowest BCUT2D eigenvalue weighted by Gasteiger charge is -2.35. The van der Waals surface area contributed by atoms with Crippen LogP contribution in [-0.2, 0) is 14.8 Å². The van der Waals surface area contributed by atoms with E-state index in [0.717, 1.165) is 11.4 Å². The van der Waals surface area contributed by atoms with E-state index in [2.05, 4.69) is 10.2 Å². The van der Waals surface area contributed by atoms with Gasteiger partial charge in [-0.05, 0) is 55.0 Å². The van der Waals surface area contributed by atoms with Crippen LogP contribution in [0, 0.1) is 0 Å². The van der Waals surface area contributed by atoms with Gasteiger partial charge in [-0.3, -0.25) is 4.79 Å². The van der Waals surface area contributed by atoms with Crippen LogP contribution in [0.5, 0.6) is 17.2 Å². The Hall–Kier alpha value is -2.98. The molecule has 1 aliphatic heterocycles. The lowest BCUT2D eigenvalue weighted by Crippen LogP contribution is -2.49. The number of nitrogens with one attached hydrogen (secondary N) is 1. The second-order valence-corrected chi connectivity index (χ2v) is 9.66. The second kappa shape index (κ2) is 11.8. The molecule has 10 heteroatoms. The van der Waals surface area contributed by atoms with Crippen molar-refractivity contribution in [3.63, 3.8) is 0 Å². The Labute approximate surface area is 195 Å². The minimum Gasteiger partial charge on any atom is -0.497 e. The molecule has 1 fully saturated rings. The molecule has 0 atom stereocenters. The summed E-state index contributed by atoms with van der Waals surface area (Å²) in [6, 6.07) is 14.7. The van der Waals surface area contributed by atoms with Gasteiger partial charge in [0.2, 0.25) is 10.0 Å². The van der Waals surface area contributed by atoms with Gasteiger partial charge in [0.05, 0.1) is 20.0 Å². The van der Waals surface area contributed by atoms with E-state index in [1.54, 1.807) is 38.5 Å². The first-order valence-corrected chi connectivity index (χ1v) is 12.4. The number of methoxy groups -OCH3 is 2. The number of anilines is 1. The van der Waals surface area contributed by atoms with Crippen LogP contribution >= 0.6 is 0 Å². The fourth-order valence-electron chi connectivity index (χ4n) is 3.50. The molecule has 0 saturated carbocycles. The fraction of sp³-hybridized carbons (Fsp3) is 0.435. The van der Waals surface area contributed by atoms with E-state index in [0.29, 0.717) is 44.1 Å². The van der Waals surface area contributed by atoms with Gasteiger partial charge >= 0.3 is 0 Å². The zero-order chi connectivity index (χ0) is 23.7. The third-order valence-corrected chi connectivity index (χ3v) is 7.36. The zero-order valence-corrected chi connectivity index (χ0v) is 19.8. The number of rotatable bonds is 11. The number of benzene rings is 2. The van der Waals surface area contributed by atoms with Gasteiger partial charge in [0.1, 0.15) is 17.2 Å². The molecule has 2 aromatic carbocycles. The SMILES string of the molecule is COc1ccc(OCC(=O)NCCCS(=O)(=O)N2CCN(c3ccc(OC)cc3)CC2)cc1. The highest BCUT2D eigenvalue weighted by Gasteiger charge is 2.26. The average Bonchev–Trinajstić information content (AvgIpc) is 2.86. The molecule has 0 aliphatic carbocycles. The van der Waals surface area contributed by atoms with Crippen molar-refractivity contribution in [2.45, 2.75) is 6.42 Å². The highest BCUT2D eigenvalue weighted by Crippen LogP contribution is 2.21. The number of hydrogen-bond donors (Lipinski definition) is 1. The molecular weight excluding hydrogens is 446 g/mol. The van der Waals surface area contributed by atoms with Crippen molar-refractivity contribution >= 4 is 21.6 Å². The van der Waals surface area contributed by atoms with Crippen LogP contribution in [0.3, 0.4) is 0 Å². The van der Waals surface area contributed by atoms with Gasteiger partial charge in [-0.1, -0.05) is 0 Å². The Kier molecular flexibility index (Phi) is 8.79. The molecule has 33 heavy (non-hydrogen) atoms. The third kappa shape index (κ3) is 7.26. The van der Waals surface area contributed by atoms with Crippen LogP contribution in [0.1, 0.15) is 6.42 Å². The van der Waals surface area contributed by atoms with Crippen LogP contribution in [0.15, 0.2) is 48.5 Å². The van der Waals surface area contributed by atoms with Gasteiger partial charge in [0.15, 0.2) is 6.61 Å².